The van der Waals surface area contributed by atoms with Crippen LogP contribution in [0.25, 0.3) is 0 Å². The fourth-order valence-corrected chi connectivity index (χ4v) is 6.41. The van der Waals surface area contributed by atoms with Crippen molar-refractivity contribution in [2.24, 2.45) is 0 Å². The molecule has 3 fully saturated rings. The number of fused-ring (bicyclic) bond motifs is 1. The summed E-state index contributed by atoms with van der Waals surface area (Å²) in [4.78, 5) is 51.2. The number of benzene rings is 3. The molecule has 3 saturated heterocycles. The topological polar surface area (TPSA) is 151 Å². The molecule has 3 aromatic carbocycles. The minimum atomic E-state index is -1.40. The summed E-state index contributed by atoms with van der Waals surface area (Å²) < 4.78 is 52.8. The van der Waals surface area contributed by atoms with Crippen LogP contribution >= 0.6 is 15.9 Å². The van der Waals surface area contributed by atoms with Gasteiger partial charge in [-0.1, -0.05) is 70.5 Å². The Labute approximate surface area is 289 Å². The number of ether oxygens (including phenoxy) is 9. The lowest BCUT2D eigenvalue weighted by Crippen LogP contribution is -2.64. The van der Waals surface area contributed by atoms with Crippen LogP contribution in [-0.2, 0) is 42.6 Å². The van der Waals surface area contributed by atoms with Gasteiger partial charge in [0.05, 0.1) is 22.8 Å². The maximum atomic E-state index is 13.6. The van der Waals surface area contributed by atoms with Crippen molar-refractivity contribution in [3.8, 4) is 0 Å². The molecule has 0 saturated carbocycles. The molecular formula is C35H33BrO13. The Kier molecular flexibility index (Phi) is 10.9. The molecule has 3 aliphatic heterocycles. The van der Waals surface area contributed by atoms with E-state index >= 15 is 0 Å². The van der Waals surface area contributed by atoms with Crippen LogP contribution < -0.4 is 0 Å². The third-order valence-corrected chi connectivity index (χ3v) is 9.13. The molecule has 0 spiro atoms. The number of rotatable bonds is 10. The highest BCUT2D eigenvalue weighted by atomic mass is 79.9. The Balaban J connectivity index is 1.35. The third kappa shape index (κ3) is 7.78. The van der Waals surface area contributed by atoms with E-state index in [-0.39, 0.29) is 11.1 Å². The summed E-state index contributed by atoms with van der Waals surface area (Å²) in [6.45, 7) is 1.29. The zero-order valence-corrected chi connectivity index (χ0v) is 27.9. The quantitative estimate of drug-likeness (QED) is 0.164. The molecule has 0 amide bonds. The minimum absolute atomic E-state index is 0.209. The number of esters is 3. The molecule has 0 radical (unpaired) electrons. The standard InChI is InChI=1S/C35H33BrO13/c1-19-25-27(49-35(40)48-25)24(36)33(43-19)47-26-23(18-42-30(37)20-12-6-3-7-13-20)44-34(41-2)29(46-32(39)22-16-10-5-11-17-22)28(26)45-31(38)21-14-8-4-9-15-21/h3-17,19,23-29,33-34H,18H2,1-2H3/t19-,23-,24-,25+,26-,27-,28+,29-,33+,34+/m1/s1. The summed E-state index contributed by atoms with van der Waals surface area (Å²) in [6, 6.07) is 24.7. The van der Waals surface area contributed by atoms with Crippen molar-refractivity contribution < 1.29 is 61.8 Å². The van der Waals surface area contributed by atoms with Crippen molar-refractivity contribution in [3.05, 3.63) is 108 Å². The molecule has 258 valence electrons. The average molecular weight is 742 g/mol. The Bertz CT molecular complexity index is 1610. The van der Waals surface area contributed by atoms with E-state index in [0.29, 0.717) is 5.56 Å². The lowest BCUT2D eigenvalue weighted by atomic mass is 9.97. The molecule has 0 aromatic heterocycles. The van der Waals surface area contributed by atoms with Gasteiger partial charge in [-0.15, -0.1) is 0 Å². The Morgan fingerprint density at radius 3 is 1.73 bits per heavy atom. The number of methoxy groups -OCH3 is 1. The van der Waals surface area contributed by atoms with Gasteiger partial charge >= 0.3 is 24.1 Å². The smallest absolute Gasteiger partial charge is 0.459 e. The molecule has 0 bridgehead atoms. The van der Waals surface area contributed by atoms with Crippen LogP contribution in [0.5, 0.6) is 0 Å². The second-order valence-electron chi connectivity index (χ2n) is 11.4. The maximum absolute atomic E-state index is 13.6. The van der Waals surface area contributed by atoms with Gasteiger partial charge in [0.1, 0.15) is 23.6 Å². The van der Waals surface area contributed by atoms with Crippen LogP contribution in [0.3, 0.4) is 0 Å². The van der Waals surface area contributed by atoms with Crippen molar-refractivity contribution in [2.45, 2.75) is 67.1 Å². The van der Waals surface area contributed by atoms with Crippen molar-refractivity contribution in [1.29, 1.82) is 0 Å². The van der Waals surface area contributed by atoms with E-state index in [2.05, 4.69) is 15.9 Å². The summed E-state index contributed by atoms with van der Waals surface area (Å²) >= 11 is 3.52. The summed E-state index contributed by atoms with van der Waals surface area (Å²) in [5.74, 6) is -2.15. The van der Waals surface area contributed by atoms with Gasteiger partial charge in [-0.2, -0.15) is 0 Å². The van der Waals surface area contributed by atoms with E-state index in [4.69, 9.17) is 42.6 Å². The van der Waals surface area contributed by atoms with Gasteiger partial charge in [0.2, 0.25) is 0 Å². The average Bonchev–Trinajstić information content (AvgIpc) is 3.54. The molecule has 3 heterocycles. The number of alkyl halides is 1. The Morgan fingerprint density at radius 2 is 1.18 bits per heavy atom. The molecule has 0 unspecified atom stereocenters. The number of carbonyl (C=O) groups excluding carboxylic acids is 4. The molecule has 14 heteroatoms. The van der Waals surface area contributed by atoms with Crippen molar-refractivity contribution in [2.75, 3.05) is 13.7 Å². The van der Waals surface area contributed by atoms with Gasteiger partial charge < -0.3 is 42.6 Å². The molecular weight excluding hydrogens is 708 g/mol. The Hall–Kier alpha value is -4.34. The van der Waals surface area contributed by atoms with Crippen molar-refractivity contribution in [1.82, 2.24) is 0 Å². The van der Waals surface area contributed by atoms with Crippen molar-refractivity contribution in [3.63, 3.8) is 0 Å². The predicted molar refractivity (Wildman–Crippen MR) is 171 cm³/mol. The van der Waals surface area contributed by atoms with Crippen LogP contribution in [-0.4, -0.2) is 97.9 Å². The van der Waals surface area contributed by atoms with Gasteiger partial charge in [-0.3, -0.25) is 0 Å². The Morgan fingerprint density at radius 1 is 0.673 bits per heavy atom. The van der Waals surface area contributed by atoms with Crippen LogP contribution in [0.2, 0.25) is 0 Å². The number of hydrogen-bond donors (Lipinski definition) is 0. The molecule has 10 atom stereocenters. The zero-order valence-electron chi connectivity index (χ0n) is 26.3. The van der Waals surface area contributed by atoms with Crippen LogP contribution in [0, 0.1) is 0 Å². The number of hydrogen-bond acceptors (Lipinski definition) is 13. The second-order valence-corrected chi connectivity index (χ2v) is 12.4. The molecule has 6 rings (SSSR count). The summed E-state index contributed by atoms with van der Waals surface area (Å²) in [7, 11) is 1.33. The predicted octanol–water partition coefficient (Wildman–Crippen LogP) is 4.46. The minimum Gasteiger partial charge on any atom is -0.459 e. The first-order valence-corrected chi connectivity index (χ1v) is 16.4. The van der Waals surface area contributed by atoms with Crippen LogP contribution in [0.4, 0.5) is 4.79 Å². The van der Waals surface area contributed by atoms with Gasteiger partial charge in [-0.05, 0) is 43.3 Å². The van der Waals surface area contributed by atoms with Crippen LogP contribution in [0.1, 0.15) is 38.0 Å². The highest BCUT2D eigenvalue weighted by molar-refractivity contribution is 9.09. The van der Waals surface area contributed by atoms with Gasteiger partial charge in [0, 0.05) is 7.11 Å². The number of carbonyl (C=O) groups is 4. The zero-order chi connectivity index (χ0) is 34.5. The lowest BCUT2D eigenvalue weighted by Gasteiger charge is -2.47. The van der Waals surface area contributed by atoms with E-state index in [1.807, 2.05) is 0 Å². The fourth-order valence-electron chi connectivity index (χ4n) is 5.75. The fraction of sp³-hybridized carbons (Fsp3) is 0.371. The van der Waals surface area contributed by atoms with Crippen LogP contribution in [0.15, 0.2) is 91.0 Å². The highest BCUT2D eigenvalue weighted by Crippen LogP contribution is 2.38. The van der Waals surface area contributed by atoms with E-state index in [1.54, 1.807) is 97.9 Å². The third-order valence-electron chi connectivity index (χ3n) is 8.18. The number of halogens is 1. The molecule has 0 aliphatic carbocycles. The molecule has 49 heavy (non-hydrogen) atoms. The van der Waals surface area contributed by atoms with E-state index < -0.39 is 90.8 Å². The van der Waals surface area contributed by atoms with Gasteiger partial charge in [0.15, 0.2) is 37.0 Å². The van der Waals surface area contributed by atoms with E-state index in [9.17, 15) is 19.2 Å². The largest absolute Gasteiger partial charge is 0.509 e. The van der Waals surface area contributed by atoms with E-state index in [1.165, 1.54) is 7.11 Å². The van der Waals surface area contributed by atoms with Crippen molar-refractivity contribution >= 4 is 40.0 Å². The summed E-state index contributed by atoms with van der Waals surface area (Å²) in [5, 5.41) is 0. The molecule has 3 aromatic rings. The first-order chi connectivity index (χ1) is 23.7. The first-order valence-electron chi connectivity index (χ1n) is 15.5. The molecule has 13 nitrogen and oxygen atoms in total. The normalized spacial score (nSPS) is 30.6. The lowest BCUT2D eigenvalue weighted by molar-refractivity contribution is -0.330. The maximum Gasteiger partial charge on any atom is 0.509 e. The van der Waals surface area contributed by atoms with Gasteiger partial charge in [-0.25, -0.2) is 19.2 Å². The summed E-state index contributed by atoms with van der Waals surface area (Å²) in [6.07, 6.45) is -10.7. The monoisotopic (exact) mass is 740 g/mol. The first kappa shape index (κ1) is 34.5. The molecule has 3 aliphatic rings. The summed E-state index contributed by atoms with van der Waals surface area (Å²) in [5.41, 5.74) is 0.724. The SMILES string of the molecule is CO[C@H]1O[C@H](COC(=O)c2ccccc2)[C@@H](O[C@@H]2O[C@H](C)[C@@H]3OC(=O)O[C@@H]3[C@H]2Br)[C@H](OC(=O)c2ccccc2)[C@H]1OC(=O)c1ccccc1. The molecule has 0 N–H and O–H groups in total. The highest BCUT2D eigenvalue weighted by Gasteiger charge is 2.57. The van der Waals surface area contributed by atoms with E-state index in [0.717, 1.165) is 0 Å². The second kappa shape index (κ2) is 15.5. The van der Waals surface area contributed by atoms with Gasteiger partial charge in [0.25, 0.3) is 0 Å².